The normalized spacial score (nSPS) is 10.7. The summed E-state index contributed by atoms with van der Waals surface area (Å²) in [7, 11) is 0. The smallest absolute Gasteiger partial charge is 0.255 e. The topological polar surface area (TPSA) is 59.8 Å². The summed E-state index contributed by atoms with van der Waals surface area (Å²) in [4.78, 5) is 12.5. The second-order valence-electron chi connectivity index (χ2n) is 5.41. The van der Waals surface area contributed by atoms with E-state index in [1.807, 2.05) is 30.5 Å². The van der Waals surface area contributed by atoms with Gasteiger partial charge in [-0.2, -0.15) is 0 Å². The number of aryl methyl sites for hydroxylation is 2. The average molecular weight is 361 g/mol. The van der Waals surface area contributed by atoms with Crippen molar-refractivity contribution in [3.8, 4) is 5.69 Å². The fraction of sp³-hybridized carbons (Fsp3) is 0.118. The van der Waals surface area contributed by atoms with Crippen molar-refractivity contribution in [2.24, 2.45) is 0 Å². The lowest BCUT2D eigenvalue weighted by Gasteiger charge is -2.14. The highest BCUT2D eigenvalue weighted by Crippen LogP contribution is 2.26. The molecule has 7 heteroatoms. The first-order valence-electron chi connectivity index (χ1n) is 7.18. The molecule has 5 nitrogen and oxygen atoms in total. The molecule has 1 aromatic heterocycles. The molecule has 3 rings (SSSR count). The second-order valence-corrected chi connectivity index (χ2v) is 6.22. The van der Waals surface area contributed by atoms with E-state index in [4.69, 9.17) is 23.2 Å². The molecule has 1 heterocycles. The summed E-state index contributed by atoms with van der Waals surface area (Å²) >= 11 is 11.9. The van der Waals surface area contributed by atoms with Crippen LogP contribution in [0.4, 0.5) is 5.69 Å². The van der Waals surface area contributed by atoms with Crippen LogP contribution in [0.15, 0.2) is 43.0 Å². The Labute approximate surface area is 149 Å². The zero-order chi connectivity index (χ0) is 17.3. The lowest BCUT2D eigenvalue weighted by atomic mass is 10.1. The van der Waals surface area contributed by atoms with Crippen LogP contribution < -0.4 is 5.32 Å². The first-order chi connectivity index (χ1) is 11.5. The minimum Gasteiger partial charge on any atom is -0.321 e. The molecule has 0 aliphatic carbocycles. The summed E-state index contributed by atoms with van der Waals surface area (Å²) in [5.74, 6) is -0.239. The Kier molecular flexibility index (Phi) is 4.55. The number of hydrogen-bond donors (Lipinski definition) is 1. The SMILES string of the molecule is Cc1cc(-n2cnnc2)cc(C)c1NC(=O)c1ccc(Cl)c(Cl)c1. The number of nitrogens with one attached hydrogen (secondary N) is 1. The van der Waals surface area contributed by atoms with E-state index < -0.39 is 0 Å². The maximum absolute atomic E-state index is 12.5. The highest BCUT2D eigenvalue weighted by atomic mass is 35.5. The van der Waals surface area contributed by atoms with Gasteiger partial charge in [0.15, 0.2) is 0 Å². The van der Waals surface area contributed by atoms with Crippen LogP contribution in [-0.2, 0) is 0 Å². The number of benzene rings is 2. The fourth-order valence-electron chi connectivity index (χ4n) is 2.44. The number of halogens is 2. The van der Waals surface area contributed by atoms with Crippen LogP contribution in [0, 0.1) is 13.8 Å². The third kappa shape index (κ3) is 3.27. The van der Waals surface area contributed by atoms with E-state index in [0.717, 1.165) is 22.5 Å². The van der Waals surface area contributed by atoms with E-state index in [2.05, 4.69) is 15.5 Å². The Morgan fingerprint density at radius 3 is 2.21 bits per heavy atom. The molecule has 0 saturated heterocycles. The predicted molar refractivity (Wildman–Crippen MR) is 95.2 cm³/mol. The molecule has 0 fully saturated rings. The third-order valence-corrected chi connectivity index (χ3v) is 4.39. The first kappa shape index (κ1) is 16.5. The summed E-state index contributed by atoms with van der Waals surface area (Å²) in [6, 6.07) is 8.71. The first-order valence-corrected chi connectivity index (χ1v) is 7.94. The van der Waals surface area contributed by atoms with Gasteiger partial charge in [-0.05, 0) is 55.3 Å². The third-order valence-electron chi connectivity index (χ3n) is 3.65. The van der Waals surface area contributed by atoms with Gasteiger partial charge in [0, 0.05) is 16.9 Å². The Morgan fingerprint density at radius 1 is 1.00 bits per heavy atom. The van der Waals surface area contributed by atoms with Crippen molar-refractivity contribution in [3.05, 3.63) is 69.7 Å². The van der Waals surface area contributed by atoms with Crippen LogP contribution in [0.1, 0.15) is 21.5 Å². The number of amides is 1. The number of anilines is 1. The predicted octanol–water partition coefficient (Wildman–Crippen LogP) is 4.44. The van der Waals surface area contributed by atoms with Gasteiger partial charge in [0.2, 0.25) is 0 Å². The summed E-state index contributed by atoms with van der Waals surface area (Å²) in [5, 5.41) is 11.3. The van der Waals surface area contributed by atoms with Crippen molar-refractivity contribution in [2.45, 2.75) is 13.8 Å². The quantitative estimate of drug-likeness (QED) is 0.750. The Morgan fingerprint density at radius 2 is 1.62 bits per heavy atom. The van der Waals surface area contributed by atoms with Gasteiger partial charge in [-0.15, -0.1) is 10.2 Å². The molecule has 24 heavy (non-hydrogen) atoms. The van der Waals surface area contributed by atoms with Crippen LogP contribution in [0.3, 0.4) is 0 Å². The van der Waals surface area contributed by atoms with Crippen LogP contribution in [0.5, 0.6) is 0 Å². The maximum Gasteiger partial charge on any atom is 0.255 e. The molecule has 0 bridgehead atoms. The minimum atomic E-state index is -0.239. The van der Waals surface area contributed by atoms with Crippen molar-refractivity contribution in [1.82, 2.24) is 14.8 Å². The van der Waals surface area contributed by atoms with E-state index >= 15 is 0 Å². The van der Waals surface area contributed by atoms with Gasteiger partial charge in [-0.3, -0.25) is 9.36 Å². The highest BCUT2D eigenvalue weighted by molar-refractivity contribution is 6.42. The van der Waals surface area contributed by atoms with Crippen LogP contribution >= 0.6 is 23.2 Å². The van der Waals surface area contributed by atoms with Crippen molar-refractivity contribution in [1.29, 1.82) is 0 Å². The van der Waals surface area contributed by atoms with Gasteiger partial charge in [0.25, 0.3) is 5.91 Å². The molecule has 0 spiro atoms. The molecule has 3 aromatic rings. The molecular weight excluding hydrogens is 347 g/mol. The van der Waals surface area contributed by atoms with Crippen molar-refractivity contribution < 1.29 is 4.79 Å². The molecule has 0 unspecified atom stereocenters. The number of carbonyl (C=O) groups excluding carboxylic acids is 1. The van der Waals surface area contributed by atoms with E-state index in [-0.39, 0.29) is 5.91 Å². The molecular formula is C17H14Cl2N4O. The van der Waals surface area contributed by atoms with E-state index in [1.54, 1.807) is 30.9 Å². The number of rotatable bonds is 3. The van der Waals surface area contributed by atoms with Gasteiger partial charge in [0.1, 0.15) is 12.7 Å². The fourth-order valence-corrected chi connectivity index (χ4v) is 2.74. The Bertz CT molecular complexity index is 884. The van der Waals surface area contributed by atoms with Crippen molar-refractivity contribution >= 4 is 34.8 Å². The molecule has 0 radical (unpaired) electrons. The molecule has 2 aromatic carbocycles. The molecule has 0 saturated carbocycles. The number of aromatic nitrogens is 3. The van der Waals surface area contributed by atoms with Gasteiger partial charge in [-0.25, -0.2) is 0 Å². The molecule has 122 valence electrons. The van der Waals surface area contributed by atoms with Crippen LogP contribution in [-0.4, -0.2) is 20.7 Å². The van der Waals surface area contributed by atoms with E-state index in [0.29, 0.717) is 15.6 Å². The minimum absolute atomic E-state index is 0.239. The number of nitrogens with zero attached hydrogens (tertiary/aromatic N) is 3. The molecule has 1 amide bonds. The monoisotopic (exact) mass is 360 g/mol. The lowest BCUT2D eigenvalue weighted by Crippen LogP contribution is -2.14. The van der Waals surface area contributed by atoms with Crippen molar-refractivity contribution in [3.63, 3.8) is 0 Å². The van der Waals surface area contributed by atoms with Crippen LogP contribution in [0.2, 0.25) is 10.0 Å². The highest BCUT2D eigenvalue weighted by Gasteiger charge is 2.13. The van der Waals surface area contributed by atoms with Gasteiger partial charge < -0.3 is 5.32 Å². The Balaban J connectivity index is 1.89. The van der Waals surface area contributed by atoms with E-state index in [1.165, 1.54) is 0 Å². The summed E-state index contributed by atoms with van der Waals surface area (Å²) in [5.41, 5.74) is 4.02. The maximum atomic E-state index is 12.5. The average Bonchev–Trinajstić information content (AvgIpc) is 3.07. The molecule has 0 aliphatic heterocycles. The summed E-state index contributed by atoms with van der Waals surface area (Å²) < 4.78 is 1.81. The number of hydrogen-bond acceptors (Lipinski definition) is 3. The van der Waals surface area contributed by atoms with Gasteiger partial charge in [-0.1, -0.05) is 23.2 Å². The lowest BCUT2D eigenvalue weighted by molar-refractivity contribution is 0.102. The summed E-state index contributed by atoms with van der Waals surface area (Å²) in [6.07, 6.45) is 3.25. The molecule has 1 N–H and O–H groups in total. The molecule has 0 aliphatic rings. The van der Waals surface area contributed by atoms with E-state index in [9.17, 15) is 4.79 Å². The van der Waals surface area contributed by atoms with Crippen molar-refractivity contribution in [2.75, 3.05) is 5.32 Å². The largest absolute Gasteiger partial charge is 0.321 e. The second kappa shape index (κ2) is 6.63. The summed E-state index contributed by atoms with van der Waals surface area (Å²) in [6.45, 7) is 3.87. The zero-order valence-electron chi connectivity index (χ0n) is 13.0. The van der Waals surface area contributed by atoms with Gasteiger partial charge >= 0.3 is 0 Å². The standard InChI is InChI=1S/C17H14Cl2N4O/c1-10-5-13(23-8-20-21-9-23)6-11(2)16(10)22-17(24)12-3-4-14(18)15(19)7-12/h3-9H,1-2H3,(H,22,24). The van der Waals surface area contributed by atoms with Crippen LogP contribution in [0.25, 0.3) is 5.69 Å². The van der Waals surface area contributed by atoms with Gasteiger partial charge in [0.05, 0.1) is 10.0 Å². The number of carbonyl (C=O) groups is 1. The molecule has 0 atom stereocenters. The Hall–Kier alpha value is -2.37. The zero-order valence-corrected chi connectivity index (χ0v) is 14.6.